The lowest BCUT2D eigenvalue weighted by atomic mass is 10.2. The van der Waals surface area contributed by atoms with E-state index in [-0.39, 0.29) is 21.9 Å². The highest BCUT2D eigenvalue weighted by Gasteiger charge is 2.28. The van der Waals surface area contributed by atoms with Gasteiger partial charge in [-0.15, -0.1) is 0 Å². The first kappa shape index (κ1) is 17.1. The molecule has 0 atom stereocenters. The zero-order valence-electron chi connectivity index (χ0n) is 13.2. The summed E-state index contributed by atoms with van der Waals surface area (Å²) in [5, 5.41) is 0.0359. The van der Waals surface area contributed by atoms with Gasteiger partial charge >= 0.3 is 11.3 Å². The minimum Gasteiger partial charge on any atom is -0.422 e. The van der Waals surface area contributed by atoms with Crippen LogP contribution in [0.15, 0.2) is 76.7 Å². The number of hydrogen-bond donors (Lipinski definition) is 0. The molecule has 0 spiro atoms. The van der Waals surface area contributed by atoms with E-state index < -0.39 is 42.5 Å². The summed E-state index contributed by atoms with van der Waals surface area (Å²) in [4.78, 5) is 22.6. The van der Waals surface area contributed by atoms with Crippen LogP contribution < -0.4 is 11.3 Å². The Kier molecular flexibility index (Phi) is 3.70. The molecule has 0 fully saturated rings. The predicted octanol–water partition coefficient (Wildman–Crippen LogP) is 3.01. The molecule has 0 N–H and O–H groups in total. The third-order valence-electron chi connectivity index (χ3n) is 3.90. The summed E-state index contributed by atoms with van der Waals surface area (Å²) in [5.41, 5.74) is -2.50. The molecule has 9 heteroatoms. The van der Waals surface area contributed by atoms with Crippen molar-refractivity contribution in [1.82, 2.24) is 0 Å². The normalized spacial score (nSPS) is 11.9. The van der Waals surface area contributed by atoms with Crippen LogP contribution in [0.3, 0.4) is 0 Å². The highest BCUT2D eigenvalue weighted by atomic mass is 32.2. The van der Waals surface area contributed by atoms with Gasteiger partial charge in [0.25, 0.3) is 0 Å². The molecule has 2 aromatic heterocycles. The Bertz CT molecular complexity index is 1350. The molecule has 0 aliphatic carbocycles. The monoisotopic (exact) mass is 390 g/mol. The average Bonchev–Trinajstić information content (AvgIpc) is 2.61. The first-order valence-corrected chi connectivity index (χ1v) is 8.96. The van der Waals surface area contributed by atoms with Crippen LogP contribution >= 0.6 is 0 Å². The van der Waals surface area contributed by atoms with Gasteiger partial charge in [-0.1, -0.05) is 0 Å². The molecule has 136 valence electrons. The minimum absolute atomic E-state index is 0.0180. The van der Waals surface area contributed by atoms with Crippen LogP contribution in [0.1, 0.15) is 0 Å². The van der Waals surface area contributed by atoms with Crippen LogP contribution in [-0.4, -0.2) is 8.42 Å². The van der Waals surface area contributed by atoms with Crippen molar-refractivity contribution in [3.05, 3.63) is 81.0 Å². The second-order valence-electron chi connectivity index (χ2n) is 5.66. The Labute approximate surface area is 149 Å². The molecule has 0 saturated heterocycles. The van der Waals surface area contributed by atoms with Gasteiger partial charge in [0.15, 0.2) is 9.79 Å². The molecule has 0 unspecified atom stereocenters. The Hall–Kier alpha value is -3.33. The SMILES string of the molecule is O=c1oc2ccc(F)cc2cc1S(=O)(=O)c1cc2cc(F)ccc2oc1=O. The molecule has 6 nitrogen and oxygen atoms in total. The smallest absolute Gasteiger partial charge is 0.355 e. The largest absolute Gasteiger partial charge is 0.422 e. The molecular formula is C18H8F2O6S. The van der Waals surface area contributed by atoms with Crippen LogP contribution in [0.5, 0.6) is 0 Å². The third-order valence-corrected chi connectivity index (χ3v) is 5.63. The Morgan fingerprint density at radius 2 is 1.07 bits per heavy atom. The molecule has 2 heterocycles. The van der Waals surface area contributed by atoms with Gasteiger partial charge in [-0.05, 0) is 48.5 Å². The topological polar surface area (TPSA) is 94.6 Å². The average molecular weight is 390 g/mol. The van der Waals surface area contributed by atoms with Gasteiger partial charge in [-0.25, -0.2) is 26.8 Å². The van der Waals surface area contributed by atoms with E-state index in [4.69, 9.17) is 8.83 Å². The van der Waals surface area contributed by atoms with Gasteiger partial charge in [-0.2, -0.15) is 0 Å². The Morgan fingerprint density at radius 3 is 1.48 bits per heavy atom. The van der Waals surface area contributed by atoms with Gasteiger partial charge < -0.3 is 8.83 Å². The number of halogens is 2. The summed E-state index contributed by atoms with van der Waals surface area (Å²) < 4.78 is 62.3. The summed E-state index contributed by atoms with van der Waals surface area (Å²) in [6, 6.07) is 8.23. The van der Waals surface area contributed by atoms with Gasteiger partial charge in [0.1, 0.15) is 22.8 Å². The zero-order chi connectivity index (χ0) is 19.3. The lowest BCUT2D eigenvalue weighted by Crippen LogP contribution is -2.20. The van der Waals surface area contributed by atoms with Crippen LogP contribution in [-0.2, 0) is 9.84 Å². The van der Waals surface area contributed by atoms with Crippen molar-refractivity contribution in [1.29, 1.82) is 0 Å². The Morgan fingerprint density at radius 1 is 0.667 bits per heavy atom. The minimum atomic E-state index is -4.67. The van der Waals surface area contributed by atoms with Crippen LogP contribution in [0, 0.1) is 11.6 Å². The maximum Gasteiger partial charge on any atom is 0.355 e. The van der Waals surface area contributed by atoms with E-state index in [9.17, 15) is 26.8 Å². The second-order valence-corrected chi connectivity index (χ2v) is 7.55. The molecule has 0 radical (unpaired) electrons. The lowest BCUT2D eigenvalue weighted by molar-refractivity contribution is 0.520. The van der Waals surface area contributed by atoms with Crippen LogP contribution in [0.2, 0.25) is 0 Å². The number of hydrogen-bond acceptors (Lipinski definition) is 6. The van der Waals surface area contributed by atoms with Crippen molar-refractivity contribution in [3.8, 4) is 0 Å². The fourth-order valence-corrected chi connectivity index (χ4v) is 3.97. The zero-order valence-corrected chi connectivity index (χ0v) is 14.0. The molecule has 4 aromatic rings. The highest BCUT2D eigenvalue weighted by Crippen LogP contribution is 2.23. The Balaban J connectivity index is 2.01. The summed E-state index contributed by atoms with van der Waals surface area (Å²) in [6.07, 6.45) is 0. The lowest BCUT2D eigenvalue weighted by Gasteiger charge is -2.05. The standard InChI is InChI=1S/C18H8F2O6S/c19-11-1-3-13-9(5-11)7-15(17(21)25-13)27(23,24)16-8-10-6-12(20)2-4-14(10)26-18(16)22/h1-8H. The number of fused-ring (bicyclic) bond motifs is 2. The number of sulfone groups is 1. The van der Waals surface area contributed by atoms with Gasteiger partial charge in [0, 0.05) is 10.8 Å². The van der Waals surface area contributed by atoms with E-state index in [1.54, 1.807) is 0 Å². The maximum absolute atomic E-state index is 13.4. The third kappa shape index (κ3) is 2.81. The fourth-order valence-electron chi connectivity index (χ4n) is 2.64. The molecule has 0 aliphatic heterocycles. The number of benzene rings is 2. The van der Waals surface area contributed by atoms with E-state index in [2.05, 4.69) is 0 Å². The molecule has 4 rings (SSSR count). The number of rotatable bonds is 2. The maximum atomic E-state index is 13.4. The first-order chi connectivity index (χ1) is 12.8. The molecular weight excluding hydrogens is 382 g/mol. The summed E-state index contributed by atoms with van der Waals surface area (Å²) >= 11 is 0. The van der Waals surface area contributed by atoms with Crippen molar-refractivity contribution in [2.75, 3.05) is 0 Å². The fraction of sp³-hybridized carbons (Fsp3) is 0. The van der Waals surface area contributed by atoms with Crippen molar-refractivity contribution in [2.24, 2.45) is 0 Å². The van der Waals surface area contributed by atoms with E-state index >= 15 is 0 Å². The molecule has 0 bridgehead atoms. The van der Waals surface area contributed by atoms with E-state index in [0.29, 0.717) is 0 Å². The van der Waals surface area contributed by atoms with E-state index in [1.807, 2.05) is 0 Å². The van der Waals surface area contributed by atoms with Crippen LogP contribution in [0.25, 0.3) is 21.9 Å². The summed E-state index contributed by atoms with van der Waals surface area (Å²) in [6.45, 7) is 0. The van der Waals surface area contributed by atoms with Gasteiger partial charge in [0.2, 0.25) is 9.84 Å². The quantitative estimate of drug-likeness (QED) is 0.489. The molecule has 27 heavy (non-hydrogen) atoms. The van der Waals surface area contributed by atoms with Crippen molar-refractivity contribution >= 4 is 31.8 Å². The predicted molar refractivity (Wildman–Crippen MR) is 90.3 cm³/mol. The van der Waals surface area contributed by atoms with Gasteiger partial charge in [-0.3, -0.25) is 0 Å². The molecule has 0 saturated carbocycles. The van der Waals surface area contributed by atoms with Crippen molar-refractivity contribution in [2.45, 2.75) is 9.79 Å². The van der Waals surface area contributed by atoms with E-state index in [0.717, 1.165) is 36.4 Å². The van der Waals surface area contributed by atoms with Crippen molar-refractivity contribution < 1.29 is 26.0 Å². The summed E-state index contributed by atoms with van der Waals surface area (Å²) in [7, 11) is -4.67. The molecule has 0 aliphatic rings. The second kappa shape index (κ2) is 5.85. The first-order valence-electron chi connectivity index (χ1n) is 7.48. The summed E-state index contributed by atoms with van der Waals surface area (Å²) in [5.74, 6) is -1.33. The van der Waals surface area contributed by atoms with E-state index in [1.165, 1.54) is 12.1 Å². The van der Waals surface area contributed by atoms with Crippen LogP contribution in [0.4, 0.5) is 8.78 Å². The molecule has 2 aromatic carbocycles. The van der Waals surface area contributed by atoms with Crippen molar-refractivity contribution in [3.63, 3.8) is 0 Å². The molecule has 0 amide bonds. The van der Waals surface area contributed by atoms with Gasteiger partial charge in [0.05, 0.1) is 0 Å². The highest BCUT2D eigenvalue weighted by molar-refractivity contribution is 7.91.